The summed E-state index contributed by atoms with van der Waals surface area (Å²) < 4.78 is 5.32. The number of rotatable bonds is 5. The molecule has 0 heterocycles. The molecule has 0 bridgehead atoms. The Hall–Kier alpha value is -0.370. The smallest absolute Gasteiger partial charge is 0.141 e. The lowest BCUT2D eigenvalue weighted by molar-refractivity contribution is -0.137. The first-order valence-corrected chi connectivity index (χ1v) is 6.11. The van der Waals surface area contributed by atoms with Crippen molar-refractivity contribution in [1.29, 1.82) is 0 Å². The molecule has 0 aromatic carbocycles. The Kier molecular flexibility index (Phi) is 4.32. The van der Waals surface area contributed by atoms with E-state index in [4.69, 9.17) is 4.74 Å². The predicted octanol–water partition coefficient (Wildman–Crippen LogP) is 3.05. The molecule has 0 aliphatic heterocycles. The van der Waals surface area contributed by atoms with Gasteiger partial charge in [0.1, 0.15) is 5.78 Å². The second-order valence-electron chi connectivity index (χ2n) is 5.03. The maximum Gasteiger partial charge on any atom is 0.141 e. The normalized spacial score (nSPS) is 35.7. The standard InChI is InChI=1S/C13H24O2/c1-5-6-12(14)13(9-15-4)10(2)7-8-11(13)3/h10-11H,5-9H2,1-4H3. The van der Waals surface area contributed by atoms with Gasteiger partial charge in [0.25, 0.3) is 0 Å². The lowest BCUT2D eigenvalue weighted by atomic mass is 9.69. The SMILES string of the molecule is CCCC(=O)C1(COC)C(C)CCC1C. The number of ketones is 1. The fourth-order valence-electron chi connectivity index (χ4n) is 3.11. The van der Waals surface area contributed by atoms with Gasteiger partial charge in [-0.2, -0.15) is 0 Å². The molecule has 1 aliphatic rings. The molecule has 0 aromatic heterocycles. The third-order valence-corrected chi connectivity index (χ3v) is 4.17. The van der Waals surface area contributed by atoms with Crippen molar-refractivity contribution in [3.63, 3.8) is 0 Å². The van der Waals surface area contributed by atoms with Gasteiger partial charge >= 0.3 is 0 Å². The summed E-state index contributed by atoms with van der Waals surface area (Å²) >= 11 is 0. The van der Waals surface area contributed by atoms with Gasteiger partial charge in [-0.15, -0.1) is 0 Å². The second-order valence-corrected chi connectivity index (χ2v) is 5.03. The molecule has 15 heavy (non-hydrogen) atoms. The molecule has 1 fully saturated rings. The van der Waals surface area contributed by atoms with Crippen LogP contribution in [-0.2, 0) is 9.53 Å². The van der Waals surface area contributed by atoms with E-state index >= 15 is 0 Å². The van der Waals surface area contributed by atoms with Gasteiger partial charge in [-0.05, 0) is 31.1 Å². The van der Waals surface area contributed by atoms with E-state index in [9.17, 15) is 4.79 Å². The minimum Gasteiger partial charge on any atom is -0.384 e. The Morgan fingerprint density at radius 2 is 1.87 bits per heavy atom. The number of ether oxygens (including phenoxy) is 1. The Balaban J connectivity index is 2.90. The van der Waals surface area contributed by atoms with Gasteiger partial charge in [0.05, 0.1) is 12.0 Å². The second kappa shape index (κ2) is 5.11. The van der Waals surface area contributed by atoms with Gasteiger partial charge in [0, 0.05) is 13.5 Å². The molecular weight excluding hydrogens is 188 g/mol. The van der Waals surface area contributed by atoms with Crippen molar-refractivity contribution in [2.24, 2.45) is 17.3 Å². The predicted molar refractivity (Wildman–Crippen MR) is 61.8 cm³/mol. The highest BCUT2D eigenvalue weighted by molar-refractivity contribution is 5.86. The summed E-state index contributed by atoms with van der Waals surface area (Å²) in [6.45, 7) is 7.09. The van der Waals surface area contributed by atoms with Crippen LogP contribution >= 0.6 is 0 Å². The summed E-state index contributed by atoms with van der Waals surface area (Å²) in [5, 5.41) is 0. The number of methoxy groups -OCH3 is 1. The van der Waals surface area contributed by atoms with Crippen LogP contribution in [0, 0.1) is 17.3 Å². The van der Waals surface area contributed by atoms with E-state index in [1.54, 1.807) is 7.11 Å². The molecular formula is C13H24O2. The first-order valence-electron chi connectivity index (χ1n) is 6.11. The van der Waals surface area contributed by atoms with Crippen molar-refractivity contribution in [1.82, 2.24) is 0 Å². The first kappa shape index (κ1) is 12.7. The summed E-state index contributed by atoms with van der Waals surface area (Å²) in [6.07, 6.45) is 3.99. The van der Waals surface area contributed by atoms with Crippen LogP contribution < -0.4 is 0 Å². The molecule has 0 spiro atoms. The molecule has 2 nitrogen and oxygen atoms in total. The highest BCUT2D eigenvalue weighted by Crippen LogP contribution is 2.49. The Morgan fingerprint density at radius 1 is 1.33 bits per heavy atom. The fourth-order valence-corrected chi connectivity index (χ4v) is 3.11. The van der Waals surface area contributed by atoms with Crippen molar-refractivity contribution in [2.45, 2.75) is 46.5 Å². The molecule has 0 amide bonds. The molecule has 1 aliphatic carbocycles. The Bertz CT molecular complexity index is 213. The molecule has 1 rings (SSSR count). The van der Waals surface area contributed by atoms with E-state index < -0.39 is 0 Å². The van der Waals surface area contributed by atoms with Crippen LogP contribution in [0.5, 0.6) is 0 Å². The number of carbonyl (C=O) groups is 1. The van der Waals surface area contributed by atoms with Crippen LogP contribution in [0.15, 0.2) is 0 Å². The van der Waals surface area contributed by atoms with E-state index in [1.807, 2.05) is 0 Å². The third-order valence-electron chi connectivity index (χ3n) is 4.17. The number of hydrogen-bond donors (Lipinski definition) is 0. The van der Waals surface area contributed by atoms with Crippen molar-refractivity contribution in [2.75, 3.05) is 13.7 Å². The Morgan fingerprint density at radius 3 is 2.27 bits per heavy atom. The molecule has 2 heteroatoms. The van der Waals surface area contributed by atoms with Crippen molar-refractivity contribution in [3.05, 3.63) is 0 Å². The van der Waals surface area contributed by atoms with Gasteiger partial charge < -0.3 is 4.74 Å². The average Bonchev–Trinajstić information content (AvgIpc) is 2.47. The summed E-state index contributed by atoms with van der Waals surface area (Å²) in [5.74, 6) is 1.38. The molecule has 2 atom stereocenters. The monoisotopic (exact) mass is 212 g/mol. The number of hydrogen-bond acceptors (Lipinski definition) is 2. The summed E-state index contributed by atoms with van der Waals surface area (Å²) in [4.78, 5) is 12.3. The van der Waals surface area contributed by atoms with Crippen LogP contribution in [0.4, 0.5) is 0 Å². The highest BCUT2D eigenvalue weighted by atomic mass is 16.5. The van der Waals surface area contributed by atoms with E-state index in [1.165, 1.54) is 12.8 Å². The summed E-state index contributed by atoms with van der Waals surface area (Å²) in [7, 11) is 1.71. The minimum absolute atomic E-state index is 0.190. The molecule has 88 valence electrons. The number of carbonyl (C=O) groups excluding carboxylic acids is 1. The van der Waals surface area contributed by atoms with E-state index in [2.05, 4.69) is 20.8 Å². The van der Waals surface area contributed by atoms with Crippen LogP contribution in [0.25, 0.3) is 0 Å². The fraction of sp³-hybridized carbons (Fsp3) is 0.923. The zero-order valence-corrected chi connectivity index (χ0v) is 10.5. The van der Waals surface area contributed by atoms with E-state index in [0.717, 1.165) is 6.42 Å². The molecule has 2 unspecified atom stereocenters. The molecule has 0 aromatic rings. The molecule has 0 saturated heterocycles. The number of Topliss-reactive ketones (excluding diaryl/α,β-unsaturated/α-hetero) is 1. The van der Waals surface area contributed by atoms with Gasteiger partial charge in [0.15, 0.2) is 0 Å². The lowest BCUT2D eigenvalue weighted by Crippen LogP contribution is -2.42. The summed E-state index contributed by atoms with van der Waals surface area (Å²) in [6, 6.07) is 0. The topological polar surface area (TPSA) is 26.3 Å². The zero-order chi connectivity index (χ0) is 11.5. The van der Waals surface area contributed by atoms with Crippen molar-refractivity contribution >= 4 is 5.78 Å². The van der Waals surface area contributed by atoms with Gasteiger partial charge in [0.2, 0.25) is 0 Å². The maximum absolute atomic E-state index is 12.3. The lowest BCUT2D eigenvalue weighted by Gasteiger charge is -2.35. The van der Waals surface area contributed by atoms with Crippen LogP contribution in [-0.4, -0.2) is 19.5 Å². The zero-order valence-electron chi connectivity index (χ0n) is 10.5. The Labute approximate surface area is 93.4 Å². The van der Waals surface area contributed by atoms with E-state index in [0.29, 0.717) is 30.6 Å². The van der Waals surface area contributed by atoms with Gasteiger partial charge in [-0.25, -0.2) is 0 Å². The third kappa shape index (κ3) is 2.10. The first-order chi connectivity index (χ1) is 7.09. The van der Waals surface area contributed by atoms with E-state index in [-0.39, 0.29) is 5.41 Å². The summed E-state index contributed by atoms with van der Waals surface area (Å²) in [5.41, 5.74) is -0.190. The quantitative estimate of drug-likeness (QED) is 0.700. The van der Waals surface area contributed by atoms with Crippen LogP contribution in [0.1, 0.15) is 46.5 Å². The largest absolute Gasteiger partial charge is 0.384 e. The minimum atomic E-state index is -0.190. The van der Waals surface area contributed by atoms with Gasteiger partial charge in [-0.1, -0.05) is 20.8 Å². The molecule has 0 radical (unpaired) electrons. The van der Waals surface area contributed by atoms with Crippen molar-refractivity contribution < 1.29 is 9.53 Å². The van der Waals surface area contributed by atoms with Crippen LogP contribution in [0.3, 0.4) is 0 Å². The molecule has 1 saturated carbocycles. The van der Waals surface area contributed by atoms with Gasteiger partial charge in [-0.3, -0.25) is 4.79 Å². The van der Waals surface area contributed by atoms with Crippen LogP contribution in [0.2, 0.25) is 0 Å². The molecule has 0 N–H and O–H groups in total. The highest BCUT2D eigenvalue weighted by Gasteiger charge is 2.50. The average molecular weight is 212 g/mol. The van der Waals surface area contributed by atoms with Crippen molar-refractivity contribution in [3.8, 4) is 0 Å². The maximum atomic E-state index is 12.3.